The van der Waals surface area contributed by atoms with Crippen LogP contribution in [0.2, 0.25) is 0 Å². The number of carbonyl (C=O) groups is 1. The molecule has 1 unspecified atom stereocenters. The Morgan fingerprint density at radius 3 is 2.42 bits per heavy atom. The summed E-state index contributed by atoms with van der Waals surface area (Å²) in [5, 5.41) is 8.36. The first-order valence-electron chi connectivity index (χ1n) is 2.92. The number of sulfonamides is 1. The summed E-state index contributed by atoms with van der Waals surface area (Å²) in [6.07, 6.45) is 1.63. The van der Waals surface area contributed by atoms with E-state index in [1.54, 1.807) is 4.72 Å². The van der Waals surface area contributed by atoms with Crippen LogP contribution in [-0.2, 0) is 19.6 Å². The normalized spacial score (nSPS) is 13.8. The Balaban J connectivity index is 4.34. The van der Waals surface area contributed by atoms with Crippen LogP contribution < -0.4 is 4.72 Å². The highest BCUT2D eigenvalue weighted by molar-refractivity contribution is 7.88. The zero-order chi connectivity index (χ0) is 9.78. The number of carbonyl (C=O) groups excluding carboxylic acids is 1. The molecular formula is C5H8NO5S. The lowest BCUT2D eigenvalue weighted by molar-refractivity contribution is -0.138. The zero-order valence-electron chi connectivity index (χ0n) is 6.27. The van der Waals surface area contributed by atoms with E-state index in [4.69, 9.17) is 5.11 Å². The summed E-state index contributed by atoms with van der Waals surface area (Å²) in [5.74, 6) is -1.40. The first kappa shape index (κ1) is 11.1. The Hall–Kier alpha value is -0.950. The minimum absolute atomic E-state index is 0.498. The average molecular weight is 194 g/mol. The molecule has 1 radical (unpaired) electrons. The van der Waals surface area contributed by atoms with Crippen molar-refractivity contribution in [1.82, 2.24) is 4.72 Å². The van der Waals surface area contributed by atoms with E-state index in [2.05, 4.69) is 0 Å². The standard InChI is InChI=1S/C5H8NO5S/c1-12(10,11)6-4(2-3-7)5(8)9/h4,6H,2H2,1H3,(H,8,9). The summed E-state index contributed by atoms with van der Waals surface area (Å²) in [5.41, 5.74) is 0. The molecule has 0 aliphatic heterocycles. The molecule has 0 aliphatic rings. The van der Waals surface area contributed by atoms with E-state index in [-0.39, 0.29) is 0 Å². The topological polar surface area (TPSA) is 101 Å². The van der Waals surface area contributed by atoms with Gasteiger partial charge < -0.3 is 5.11 Å². The SMILES string of the molecule is CS(=O)(=O)NC(C[C]=O)C(=O)O. The fourth-order valence-electron chi connectivity index (χ4n) is 0.521. The van der Waals surface area contributed by atoms with Crippen LogP contribution in [0.15, 0.2) is 0 Å². The molecule has 0 fully saturated rings. The van der Waals surface area contributed by atoms with Crippen molar-refractivity contribution in [2.24, 2.45) is 0 Å². The number of carboxylic acids is 1. The van der Waals surface area contributed by atoms with Crippen molar-refractivity contribution >= 4 is 22.3 Å². The maximum absolute atomic E-state index is 10.5. The number of hydrogen-bond acceptors (Lipinski definition) is 4. The second kappa shape index (κ2) is 4.17. The van der Waals surface area contributed by atoms with Gasteiger partial charge in [0.1, 0.15) is 6.04 Å². The fraction of sp³-hybridized carbons (Fsp3) is 0.600. The summed E-state index contributed by atoms with van der Waals surface area (Å²) < 4.78 is 22.8. The molecule has 0 spiro atoms. The van der Waals surface area contributed by atoms with Gasteiger partial charge in [0.25, 0.3) is 0 Å². The van der Waals surface area contributed by atoms with Gasteiger partial charge in [0.05, 0.1) is 6.26 Å². The molecule has 0 saturated carbocycles. The van der Waals surface area contributed by atoms with Crippen molar-refractivity contribution < 1.29 is 23.1 Å². The van der Waals surface area contributed by atoms with Gasteiger partial charge in [-0.05, 0) is 0 Å². The molecule has 12 heavy (non-hydrogen) atoms. The van der Waals surface area contributed by atoms with Gasteiger partial charge in [-0.25, -0.2) is 13.1 Å². The smallest absolute Gasteiger partial charge is 0.322 e. The molecule has 0 heterocycles. The molecule has 2 N–H and O–H groups in total. The van der Waals surface area contributed by atoms with Gasteiger partial charge >= 0.3 is 5.97 Å². The maximum Gasteiger partial charge on any atom is 0.322 e. The van der Waals surface area contributed by atoms with Crippen LogP contribution in [0.25, 0.3) is 0 Å². The van der Waals surface area contributed by atoms with Crippen molar-refractivity contribution in [2.45, 2.75) is 12.5 Å². The van der Waals surface area contributed by atoms with Crippen LogP contribution in [-0.4, -0.2) is 38.1 Å². The zero-order valence-corrected chi connectivity index (χ0v) is 7.09. The van der Waals surface area contributed by atoms with E-state index < -0.39 is 28.5 Å². The van der Waals surface area contributed by atoms with Gasteiger partial charge in [-0.3, -0.25) is 9.59 Å². The monoisotopic (exact) mass is 194 g/mol. The van der Waals surface area contributed by atoms with Gasteiger partial charge in [0, 0.05) is 6.42 Å². The largest absolute Gasteiger partial charge is 0.480 e. The second-order valence-electron chi connectivity index (χ2n) is 2.13. The molecule has 0 aliphatic carbocycles. The van der Waals surface area contributed by atoms with Gasteiger partial charge in [0.2, 0.25) is 16.3 Å². The molecule has 6 nitrogen and oxygen atoms in total. The van der Waals surface area contributed by atoms with Gasteiger partial charge in [-0.15, -0.1) is 0 Å². The Labute approximate surface area is 69.6 Å². The van der Waals surface area contributed by atoms with Crippen molar-refractivity contribution in [3.8, 4) is 0 Å². The average Bonchev–Trinajstić information content (AvgIpc) is 1.83. The summed E-state index contributed by atoms with van der Waals surface area (Å²) in [4.78, 5) is 20.0. The Morgan fingerprint density at radius 2 is 2.17 bits per heavy atom. The number of nitrogens with one attached hydrogen (secondary N) is 1. The third-order valence-corrected chi connectivity index (χ3v) is 1.65. The summed E-state index contributed by atoms with van der Waals surface area (Å²) in [6.45, 7) is 0. The minimum atomic E-state index is -3.60. The number of carboxylic acid groups (broad SMARTS) is 1. The van der Waals surface area contributed by atoms with E-state index in [1.165, 1.54) is 6.29 Å². The van der Waals surface area contributed by atoms with Gasteiger partial charge in [0.15, 0.2) is 0 Å². The highest BCUT2D eigenvalue weighted by Gasteiger charge is 2.20. The first-order chi connectivity index (χ1) is 5.37. The molecule has 69 valence electrons. The van der Waals surface area contributed by atoms with Crippen LogP contribution in [0.3, 0.4) is 0 Å². The predicted octanol–water partition coefficient (Wildman–Crippen LogP) is -1.51. The number of rotatable bonds is 5. The molecule has 0 rings (SSSR count). The van der Waals surface area contributed by atoms with Gasteiger partial charge in [-0.1, -0.05) is 0 Å². The number of hydrogen-bond donors (Lipinski definition) is 2. The summed E-state index contributed by atoms with van der Waals surface area (Å²) in [6, 6.07) is -1.42. The van der Waals surface area contributed by atoms with Crippen LogP contribution >= 0.6 is 0 Å². The highest BCUT2D eigenvalue weighted by atomic mass is 32.2. The molecule has 1 atom stereocenters. The van der Waals surface area contributed by atoms with Crippen LogP contribution in [0, 0.1) is 0 Å². The maximum atomic E-state index is 10.5. The van der Waals surface area contributed by atoms with Crippen molar-refractivity contribution in [2.75, 3.05) is 6.26 Å². The van der Waals surface area contributed by atoms with E-state index in [9.17, 15) is 18.0 Å². The van der Waals surface area contributed by atoms with E-state index in [0.29, 0.717) is 0 Å². The van der Waals surface area contributed by atoms with Crippen LogP contribution in [0.5, 0.6) is 0 Å². The molecule has 0 aromatic rings. The molecule has 0 aromatic carbocycles. The molecule has 0 aromatic heterocycles. The van der Waals surface area contributed by atoms with Crippen LogP contribution in [0.1, 0.15) is 6.42 Å². The second-order valence-corrected chi connectivity index (χ2v) is 3.91. The molecule has 0 saturated heterocycles. The third-order valence-electron chi connectivity index (χ3n) is 0.942. The quantitative estimate of drug-likeness (QED) is 0.554. The highest BCUT2D eigenvalue weighted by Crippen LogP contribution is 1.91. The summed E-state index contributed by atoms with van der Waals surface area (Å²) in [7, 11) is -3.60. The third kappa shape index (κ3) is 4.80. The van der Waals surface area contributed by atoms with Crippen molar-refractivity contribution in [3.05, 3.63) is 0 Å². The lowest BCUT2D eigenvalue weighted by atomic mass is 10.2. The Bertz CT molecular complexity index is 270. The van der Waals surface area contributed by atoms with E-state index in [1.807, 2.05) is 0 Å². The van der Waals surface area contributed by atoms with E-state index in [0.717, 1.165) is 6.26 Å². The predicted molar refractivity (Wildman–Crippen MR) is 39.7 cm³/mol. The van der Waals surface area contributed by atoms with E-state index >= 15 is 0 Å². The Morgan fingerprint density at radius 1 is 1.67 bits per heavy atom. The van der Waals surface area contributed by atoms with Crippen LogP contribution in [0.4, 0.5) is 0 Å². The summed E-state index contributed by atoms with van der Waals surface area (Å²) >= 11 is 0. The molecule has 0 bridgehead atoms. The molecular weight excluding hydrogens is 186 g/mol. The molecule has 7 heteroatoms. The minimum Gasteiger partial charge on any atom is -0.480 e. The van der Waals surface area contributed by atoms with Gasteiger partial charge in [-0.2, -0.15) is 0 Å². The Kier molecular flexibility index (Phi) is 3.84. The van der Waals surface area contributed by atoms with Crippen molar-refractivity contribution in [3.63, 3.8) is 0 Å². The van der Waals surface area contributed by atoms with Crippen molar-refractivity contribution in [1.29, 1.82) is 0 Å². The fourth-order valence-corrected chi connectivity index (χ4v) is 1.22. The number of aliphatic carboxylic acids is 1. The lowest BCUT2D eigenvalue weighted by Gasteiger charge is -2.07. The first-order valence-corrected chi connectivity index (χ1v) is 4.81. The lowest BCUT2D eigenvalue weighted by Crippen LogP contribution is -2.40. The molecule has 0 amide bonds.